The van der Waals surface area contributed by atoms with Gasteiger partial charge in [-0.1, -0.05) is 30.9 Å². The molecule has 1 N–H and O–H groups in total. The van der Waals surface area contributed by atoms with Crippen molar-refractivity contribution in [3.05, 3.63) is 34.6 Å². The second-order valence-electron chi connectivity index (χ2n) is 5.92. The van der Waals surface area contributed by atoms with Crippen molar-refractivity contribution >= 4 is 23.5 Å². The van der Waals surface area contributed by atoms with Gasteiger partial charge in [0.15, 0.2) is 6.10 Å². The number of nitriles is 1. The lowest BCUT2D eigenvalue weighted by Crippen LogP contribution is -2.52. The Kier molecular flexibility index (Phi) is 5.79. The molecule has 1 aliphatic rings. The lowest BCUT2D eigenvalue weighted by molar-refractivity contribution is -0.130. The first-order chi connectivity index (χ1) is 11.4. The number of hydrogen-bond donors (Lipinski definition) is 1. The van der Waals surface area contributed by atoms with Crippen LogP contribution in [-0.4, -0.2) is 23.5 Å². The third-order valence-electron chi connectivity index (χ3n) is 4.09. The summed E-state index contributed by atoms with van der Waals surface area (Å²) in [5.41, 5.74) is -0.922. The van der Waals surface area contributed by atoms with E-state index < -0.39 is 29.3 Å². The highest BCUT2D eigenvalue weighted by Gasteiger charge is 2.35. The number of benzene rings is 1. The first kappa shape index (κ1) is 18.2. The van der Waals surface area contributed by atoms with Gasteiger partial charge in [-0.2, -0.15) is 5.26 Å². The molecule has 0 aromatic heterocycles. The Morgan fingerprint density at radius 3 is 2.62 bits per heavy atom. The molecule has 1 amide bonds. The molecule has 2 rings (SSSR count). The van der Waals surface area contributed by atoms with Gasteiger partial charge in [0.2, 0.25) is 0 Å². The number of ether oxygens (including phenoxy) is 1. The summed E-state index contributed by atoms with van der Waals surface area (Å²) in [6.45, 7) is 1.42. The number of carbonyl (C=O) groups excluding carboxylic acids is 2. The van der Waals surface area contributed by atoms with Crippen LogP contribution in [0.2, 0.25) is 5.02 Å². The zero-order valence-electron chi connectivity index (χ0n) is 13.3. The van der Waals surface area contributed by atoms with E-state index in [4.69, 9.17) is 16.3 Å². The summed E-state index contributed by atoms with van der Waals surface area (Å²) in [6, 6.07) is 5.44. The van der Waals surface area contributed by atoms with E-state index in [0.717, 1.165) is 31.4 Å². The second-order valence-corrected chi connectivity index (χ2v) is 6.32. The maximum absolute atomic E-state index is 13.0. The van der Waals surface area contributed by atoms with E-state index in [-0.39, 0.29) is 10.6 Å². The van der Waals surface area contributed by atoms with Gasteiger partial charge in [-0.05, 0) is 38.0 Å². The molecule has 0 bridgehead atoms. The quantitative estimate of drug-likeness (QED) is 0.842. The van der Waals surface area contributed by atoms with Crippen LogP contribution in [0.5, 0.6) is 0 Å². The van der Waals surface area contributed by atoms with Gasteiger partial charge in [0, 0.05) is 0 Å². The fourth-order valence-corrected chi connectivity index (χ4v) is 2.93. The van der Waals surface area contributed by atoms with Gasteiger partial charge in [-0.15, -0.1) is 0 Å². The van der Waals surface area contributed by atoms with Gasteiger partial charge in [-0.25, -0.2) is 9.18 Å². The maximum Gasteiger partial charge on any atom is 0.340 e. The van der Waals surface area contributed by atoms with Crippen LogP contribution < -0.4 is 5.32 Å². The molecule has 0 heterocycles. The topological polar surface area (TPSA) is 79.2 Å². The van der Waals surface area contributed by atoms with Crippen molar-refractivity contribution in [2.24, 2.45) is 0 Å². The standard InChI is InChI=1S/C17H18ClFN2O3/c1-11(15(22)21-17(10-20)7-3-2-4-8-17)24-16(23)13-6-5-12(19)9-14(13)18/h5-6,9,11H,2-4,7-8H2,1H3,(H,21,22)/t11-/m0/s1. The van der Waals surface area contributed by atoms with Crippen LogP contribution in [0.3, 0.4) is 0 Å². The number of esters is 1. The highest BCUT2D eigenvalue weighted by Crippen LogP contribution is 2.27. The first-order valence-electron chi connectivity index (χ1n) is 7.76. The smallest absolute Gasteiger partial charge is 0.340 e. The van der Waals surface area contributed by atoms with E-state index in [2.05, 4.69) is 11.4 Å². The lowest BCUT2D eigenvalue weighted by Gasteiger charge is -2.32. The van der Waals surface area contributed by atoms with E-state index in [1.165, 1.54) is 13.0 Å². The van der Waals surface area contributed by atoms with Crippen molar-refractivity contribution in [2.75, 3.05) is 0 Å². The van der Waals surface area contributed by atoms with Crippen LogP contribution >= 0.6 is 11.6 Å². The fraction of sp³-hybridized carbons (Fsp3) is 0.471. The molecule has 0 aliphatic heterocycles. The average Bonchev–Trinajstić information content (AvgIpc) is 2.55. The van der Waals surface area contributed by atoms with Gasteiger partial charge >= 0.3 is 5.97 Å². The fourth-order valence-electron chi connectivity index (χ4n) is 2.69. The summed E-state index contributed by atoms with van der Waals surface area (Å²) in [6.07, 6.45) is 2.85. The molecule has 1 fully saturated rings. The third kappa shape index (κ3) is 4.24. The van der Waals surface area contributed by atoms with E-state index in [9.17, 15) is 19.2 Å². The lowest BCUT2D eigenvalue weighted by atomic mass is 9.83. The van der Waals surface area contributed by atoms with Crippen molar-refractivity contribution in [3.63, 3.8) is 0 Å². The molecule has 0 radical (unpaired) electrons. The second kappa shape index (κ2) is 7.63. The number of nitrogens with one attached hydrogen (secondary N) is 1. The van der Waals surface area contributed by atoms with Crippen molar-refractivity contribution < 1.29 is 18.7 Å². The van der Waals surface area contributed by atoms with Gasteiger partial charge in [-0.3, -0.25) is 4.79 Å². The Hall–Kier alpha value is -2.13. The maximum atomic E-state index is 13.0. The van der Waals surface area contributed by atoms with Crippen LogP contribution in [-0.2, 0) is 9.53 Å². The Bertz CT molecular complexity index is 681. The largest absolute Gasteiger partial charge is 0.449 e. The Labute approximate surface area is 144 Å². The van der Waals surface area contributed by atoms with E-state index in [1.807, 2.05) is 0 Å². The van der Waals surface area contributed by atoms with Crippen LogP contribution in [0, 0.1) is 17.1 Å². The zero-order chi connectivity index (χ0) is 17.7. The Morgan fingerprint density at radius 2 is 2.04 bits per heavy atom. The summed E-state index contributed by atoms with van der Waals surface area (Å²) in [5, 5.41) is 12.0. The van der Waals surface area contributed by atoms with Crippen LogP contribution in [0.25, 0.3) is 0 Å². The summed E-state index contributed by atoms with van der Waals surface area (Å²) in [4.78, 5) is 24.3. The molecule has 0 unspecified atom stereocenters. The normalized spacial score (nSPS) is 17.4. The number of hydrogen-bond acceptors (Lipinski definition) is 4. The van der Waals surface area contributed by atoms with Crippen molar-refractivity contribution in [1.29, 1.82) is 5.26 Å². The minimum Gasteiger partial charge on any atom is -0.449 e. The molecule has 7 heteroatoms. The molecule has 128 valence electrons. The third-order valence-corrected chi connectivity index (χ3v) is 4.40. The molecule has 1 aromatic rings. The zero-order valence-corrected chi connectivity index (χ0v) is 14.0. The Balaban J connectivity index is 2.00. The molecule has 0 spiro atoms. The molecule has 1 saturated carbocycles. The van der Waals surface area contributed by atoms with Crippen molar-refractivity contribution in [1.82, 2.24) is 5.32 Å². The minimum absolute atomic E-state index is 0.0228. The molecule has 1 aliphatic carbocycles. The molecular formula is C17H18ClFN2O3. The van der Waals surface area contributed by atoms with Crippen LogP contribution in [0.15, 0.2) is 18.2 Å². The molecule has 1 aromatic carbocycles. The van der Waals surface area contributed by atoms with E-state index in [1.54, 1.807) is 0 Å². The number of nitrogens with zero attached hydrogens (tertiary/aromatic N) is 1. The highest BCUT2D eigenvalue weighted by molar-refractivity contribution is 6.33. The van der Waals surface area contributed by atoms with Gasteiger partial charge in [0.1, 0.15) is 11.4 Å². The molecule has 5 nitrogen and oxygen atoms in total. The number of rotatable bonds is 4. The van der Waals surface area contributed by atoms with Gasteiger partial charge < -0.3 is 10.1 Å². The monoisotopic (exact) mass is 352 g/mol. The van der Waals surface area contributed by atoms with Crippen LogP contribution in [0.4, 0.5) is 4.39 Å². The highest BCUT2D eigenvalue weighted by atomic mass is 35.5. The van der Waals surface area contributed by atoms with Gasteiger partial charge in [0.25, 0.3) is 5.91 Å². The summed E-state index contributed by atoms with van der Waals surface area (Å²) < 4.78 is 18.1. The Morgan fingerprint density at radius 1 is 1.38 bits per heavy atom. The summed E-state index contributed by atoms with van der Waals surface area (Å²) >= 11 is 5.80. The minimum atomic E-state index is -1.09. The molecule has 0 saturated heterocycles. The number of carbonyl (C=O) groups is 2. The SMILES string of the molecule is C[C@H](OC(=O)c1ccc(F)cc1Cl)C(=O)NC1(C#N)CCCCC1. The van der Waals surface area contributed by atoms with Crippen molar-refractivity contribution in [3.8, 4) is 6.07 Å². The average molecular weight is 353 g/mol. The first-order valence-corrected chi connectivity index (χ1v) is 8.14. The summed E-state index contributed by atoms with van der Waals surface area (Å²) in [7, 11) is 0. The number of amides is 1. The van der Waals surface area contributed by atoms with Crippen LogP contribution in [0.1, 0.15) is 49.4 Å². The summed E-state index contributed by atoms with van der Waals surface area (Å²) in [5.74, 6) is -1.93. The molecule has 24 heavy (non-hydrogen) atoms. The van der Waals surface area contributed by atoms with Gasteiger partial charge in [0.05, 0.1) is 16.7 Å². The predicted octanol–water partition coefficient (Wildman–Crippen LogP) is 3.37. The van der Waals surface area contributed by atoms with Crippen molar-refractivity contribution in [2.45, 2.75) is 50.7 Å². The van der Waals surface area contributed by atoms with E-state index >= 15 is 0 Å². The van der Waals surface area contributed by atoms with E-state index in [0.29, 0.717) is 12.8 Å². The molecule has 1 atom stereocenters. The number of halogens is 2. The predicted molar refractivity (Wildman–Crippen MR) is 85.9 cm³/mol. The molecular weight excluding hydrogens is 335 g/mol.